The predicted molar refractivity (Wildman–Crippen MR) is 84.3 cm³/mol. The van der Waals surface area contributed by atoms with Crippen molar-refractivity contribution in [2.45, 2.75) is 26.1 Å². The monoisotopic (exact) mass is 322 g/mol. The van der Waals surface area contributed by atoms with Crippen LogP contribution < -0.4 is 10.6 Å². The molecule has 2 aromatic carbocycles. The summed E-state index contributed by atoms with van der Waals surface area (Å²) in [5.41, 5.74) is 1.44. The molecule has 6 heteroatoms. The zero-order chi connectivity index (χ0) is 17.0. The Morgan fingerprint density at radius 1 is 1.04 bits per heavy atom. The first-order valence-electron chi connectivity index (χ1n) is 7.07. The Balaban J connectivity index is 1.98. The number of benzene rings is 2. The highest BCUT2D eigenvalue weighted by molar-refractivity contribution is 5.96. The third kappa shape index (κ3) is 4.74. The maximum Gasteiger partial charge on any atom is 0.416 e. The molecule has 0 unspecified atom stereocenters. The van der Waals surface area contributed by atoms with Gasteiger partial charge >= 0.3 is 6.18 Å². The van der Waals surface area contributed by atoms with Gasteiger partial charge in [-0.25, -0.2) is 0 Å². The first-order valence-corrected chi connectivity index (χ1v) is 7.07. The Hall–Kier alpha value is -2.50. The Labute approximate surface area is 132 Å². The highest BCUT2D eigenvalue weighted by Gasteiger charge is 2.30. The van der Waals surface area contributed by atoms with Gasteiger partial charge < -0.3 is 10.6 Å². The number of rotatable bonds is 4. The molecule has 23 heavy (non-hydrogen) atoms. The van der Waals surface area contributed by atoms with E-state index in [1.165, 1.54) is 12.1 Å². The van der Waals surface area contributed by atoms with Gasteiger partial charge in [0, 0.05) is 11.4 Å². The average molecular weight is 322 g/mol. The minimum atomic E-state index is -4.39. The van der Waals surface area contributed by atoms with Gasteiger partial charge in [-0.05, 0) is 55.8 Å². The summed E-state index contributed by atoms with van der Waals surface area (Å²) in [5, 5.41) is 5.63. The Morgan fingerprint density at radius 2 is 1.70 bits per heavy atom. The first-order chi connectivity index (χ1) is 10.8. The highest BCUT2D eigenvalue weighted by Crippen LogP contribution is 2.29. The molecule has 0 bridgehead atoms. The summed E-state index contributed by atoms with van der Waals surface area (Å²) < 4.78 is 37.5. The fourth-order valence-corrected chi connectivity index (χ4v) is 2.04. The van der Waals surface area contributed by atoms with E-state index in [0.29, 0.717) is 5.69 Å². The molecule has 0 spiro atoms. The largest absolute Gasteiger partial charge is 0.416 e. The molecule has 0 saturated carbocycles. The van der Waals surface area contributed by atoms with Crippen LogP contribution in [0.4, 0.5) is 24.5 Å². The standard InChI is InChI=1S/C17H17F3N2O/c1-11-4-3-5-15(10-11)21-12(2)16(23)22-14-8-6-13(7-9-14)17(18,19)20/h3-10,12,21H,1-2H3,(H,22,23)/t12-/m1/s1. The quantitative estimate of drug-likeness (QED) is 0.873. The van der Waals surface area contributed by atoms with E-state index >= 15 is 0 Å². The van der Waals surface area contributed by atoms with Crippen LogP contribution in [0.5, 0.6) is 0 Å². The van der Waals surface area contributed by atoms with E-state index in [9.17, 15) is 18.0 Å². The number of carbonyl (C=O) groups is 1. The van der Waals surface area contributed by atoms with Gasteiger partial charge in [-0.3, -0.25) is 4.79 Å². The Kier molecular flexibility index (Phi) is 4.93. The van der Waals surface area contributed by atoms with Crippen molar-refractivity contribution < 1.29 is 18.0 Å². The number of hydrogen-bond donors (Lipinski definition) is 2. The van der Waals surface area contributed by atoms with Crippen molar-refractivity contribution in [1.29, 1.82) is 0 Å². The Bertz CT molecular complexity index is 681. The maximum atomic E-state index is 12.5. The molecule has 0 aliphatic carbocycles. The van der Waals surface area contributed by atoms with Crippen LogP contribution in [0.25, 0.3) is 0 Å². The SMILES string of the molecule is Cc1cccc(N[C@H](C)C(=O)Nc2ccc(C(F)(F)F)cc2)c1. The van der Waals surface area contributed by atoms with Gasteiger partial charge in [-0.2, -0.15) is 13.2 Å². The van der Waals surface area contributed by atoms with Gasteiger partial charge in [0.1, 0.15) is 6.04 Å². The average Bonchev–Trinajstić information content (AvgIpc) is 2.46. The normalized spacial score (nSPS) is 12.6. The van der Waals surface area contributed by atoms with E-state index < -0.39 is 17.8 Å². The lowest BCUT2D eigenvalue weighted by atomic mass is 10.2. The number of nitrogens with one attached hydrogen (secondary N) is 2. The summed E-state index contributed by atoms with van der Waals surface area (Å²) in [5.74, 6) is -0.328. The third-order valence-electron chi connectivity index (χ3n) is 3.27. The molecule has 2 N–H and O–H groups in total. The van der Waals surface area contributed by atoms with Gasteiger partial charge in [-0.1, -0.05) is 12.1 Å². The predicted octanol–water partition coefficient (Wildman–Crippen LogP) is 4.45. The molecular formula is C17H17F3N2O. The van der Waals surface area contributed by atoms with Crippen molar-refractivity contribution in [3.05, 3.63) is 59.7 Å². The van der Waals surface area contributed by atoms with Crippen LogP contribution in [0, 0.1) is 6.92 Å². The van der Waals surface area contributed by atoms with Crippen LogP contribution in [-0.4, -0.2) is 11.9 Å². The minimum Gasteiger partial charge on any atom is -0.374 e. The summed E-state index contributed by atoms with van der Waals surface area (Å²) in [6.07, 6.45) is -4.39. The molecule has 1 amide bonds. The summed E-state index contributed by atoms with van der Waals surface area (Å²) in [7, 11) is 0. The van der Waals surface area contributed by atoms with Crippen molar-refractivity contribution in [2.24, 2.45) is 0 Å². The molecule has 3 nitrogen and oxygen atoms in total. The molecule has 0 radical (unpaired) electrons. The van der Waals surface area contributed by atoms with Gasteiger partial charge in [0.25, 0.3) is 0 Å². The van der Waals surface area contributed by atoms with E-state index in [-0.39, 0.29) is 5.91 Å². The lowest BCUT2D eigenvalue weighted by Crippen LogP contribution is -2.31. The van der Waals surface area contributed by atoms with Crippen molar-refractivity contribution in [3.63, 3.8) is 0 Å². The Morgan fingerprint density at radius 3 is 2.26 bits per heavy atom. The number of hydrogen-bond acceptors (Lipinski definition) is 2. The first kappa shape index (κ1) is 16.9. The molecule has 0 fully saturated rings. The van der Waals surface area contributed by atoms with Crippen LogP contribution in [0.2, 0.25) is 0 Å². The van der Waals surface area contributed by atoms with Crippen LogP contribution in [-0.2, 0) is 11.0 Å². The van der Waals surface area contributed by atoms with Crippen LogP contribution in [0.15, 0.2) is 48.5 Å². The second kappa shape index (κ2) is 6.73. The second-order valence-electron chi connectivity index (χ2n) is 5.30. The van der Waals surface area contributed by atoms with E-state index in [2.05, 4.69) is 10.6 Å². The molecule has 0 aliphatic heterocycles. The van der Waals surface area contributed by atoms with Gasteiger partial charge in [0.2, 0.25) is 5.91 Å². The summed E-state index contributed by atoms with van der Waals surface area (Å²) in [4.78, 5) is 12.1. The van der Waals surface area contributed by atoms with Crippen LogP contribution in [0.1, 0.15) is 18.1 Å². The molecule has 0 aromatic heterocycles. The molecule has 0 aliphatic rings. The lowest BCUT2D eigenvalue weighted by molar-refractivity contribution is -0.137. The molecule has 2 aromatic rings. The molecule has 0 saturated heterocycles. The number of halogens is 3. The zero-order valence-electron chi connectivity index (χ0n) is 12.7. The zero-order valence-corrected chi connectivity index (χ0v) is 12.7. The van der Waals surface area contributed by atoms with Crippen molar-refractivity contribution >= 4 is 17.3 Å². The van der Waals surface area contributed by atoms with Gasteiger partial charge in [-0.15, -0.1) is 0 Å². The van der Waals surface area contributed by atoms with Crippen LogP contribution >= 0.6 is 0 Å². The van der Waals surface area contributed by atoms with Gasteiger partial charge in [0.05, 0.1) is 5.56 Å². The second-order valence-corrected chi connectivity index (χ2v) is 5.30. The molecule has 1 atom stereocenters. The lowest BCUT2D eigenvalue weighted by Gasteiger charge is -2.16. The number of carbonyl (C=O) groups excluding carboxylic acids is 1. The third-order valence-corrected chi connectivity index (χ3v) is 3.27. The van der Waals surface area contributed by atoms with E-state index in [1.807, 2.05) is 31.2 Å². The van der Waals surface area contributed by atoms with Crippen molar-refractivity contribution in [3.8, 4) is 0 Å². The van der Waals surface area contributed by atoms with Crippen LogP contribution in [0.3, 0.4) is 0 Å². The highest BCUT2D eigenvalue weighted by atomic mass is 19.4. The molecule has 122 valence electrons. The van der Waals surface area contributed by atoms with Crippen molar-refractivity contribution in [1.82, 2.24) is 0 Å². The minimum absolute atomic E-state index is 0.320. The topological polar surface area (TPSA) is 41.1 Å². The number of aryl methyl sites for hydroxylation is 1. The van der Waals surface area contributed by atoms with Gasteiger partial charge in [0.15, 0.2) is 0 Å². The fourth-order valence-electron chi connectivity index (χ4n) is 2.04. The number of anilines is 2. The molecule has 2 rings (SSSR count). The van der Waals surface area contributed by atoms with E-state index in [1.54, 1.807) is 6.92 Å². The molecular weight excluding hydrogens is 305 g/mol. The van der Waals surface area contributed by atoms with E-state index in [0.717, 1.165) is 23.4 Å². The summed E-state index contributed by atoms with van der Waals surface area (Å²) in [6.45, 7) is 3.62. The number of alkyl halides is 3. The maximum absolute atomic E-state index is 12.5. The summed E-state index contributed by atoms with van der Waals surface area (Å²) >= 11 is 0. The van der Waals surface area contributed by atoms with E-state index in [4.69, 9.17) is 0 Å². The molecule has 0 heterocycles. The summed E-state index contributed by atoms with van der Waals surface area (Å²) in [6, 6.07) is 11.4. The fraction of sp³-hybridized carbons (Fsp3) is 0.235. The number of amides is 1. The van der Waals surface area contributed by atoms with Crippen molar-refractivity contribution in [2.75, 3.05) is 10.6 Å². The smallest absolute Gasteiger partial charge is 0.374 e.